The van der Waals surface area contributed by atoms with E-state index in [0.717, 1.165) is 13.1 Å². The second kappa shape index (κ2) is 12.1. The van der Waals surface area contributed by atoms with Gasteiger partial charge in [0.05, 0.1) is 19.8 Å². The zero-order valence-electron chi connectivity index (χ0n) is 22.3. The molecule has 1 saturated heterocycles. The van der Waals surface area contributed by atoms with E-state index in [9.17, 15) is 9.59 Å². The van der Waals surface area contributed by atoms with Crippen molar-refractivity contribution in [2.24, 2.45) is 10.9 Å². The molecule has 202 valence electrons. The van der Waals surface area contributed by atoms with E-state index < -0.39 is 23.8 Å². The van der Waals surface area contributed by atoms with Crippen LogP contribution in [0.3, 0.4) is 0 Å². The van der Waals surface area contributed by atoms with Crippen molar-refractivity contribution in [3.05, 3.63) is 102 Å². The Bertz CT molecular complexity index is 1270. The maximum atomic E-state index is 13.3. The molecule has 1 fully saturated rings. The summed E-state index contributed by atoms with van der Waals surface area (Å²) in [7, 11) is 1.57. The van der Waals surface area contributed by atoms with Gasteiger partial charge in [-0.25, -0.2) is 4.99 Å². The van der Waals surface area contributed by atoms with Gasteiger partial charge in [0, 0.05) is 31.7 Å². The summed E-state index contributed by atoms with van der Waals surface area (Å²) >= 11 is 0. The quantitative estimate of drug-likeness (QED) is 0.373. The summed E-state index contributed by atoms with van der Waals surface area (Å²) < 4.78 is 10.8. The van der Waals surface area contributed by atoms with Crippen LogP contribution >= 0.6 is 0 Å². The van der Waals surface area contributed by atoms with Gasteiger partial charge in [-0.2, -0.15) is 0 Å². The highest BCUT2D eigenvalue weighted by Gasteiger charge is 2.43. The van der Waals surface area contributed by atoms with Crippen LogP contribution in [-0.4, -0.2) is 67.5 Å². The summed E-state index contributed by atoms with van der Waals surface area (Å²) in [6.07, 6.45) is 0. The maximum Gasteiger partial charge on any atom is 0.321 e. The second-order valence-electron chi connectivity index (χ2n) is 9.61. The molecule has 2 heterocycles. The number of methoxy groups -OCH3 is 1. The molecule has 5 rings (SSSR count). The highest BCUT2D eigenvalue weighted by atomic mass is 16.5. The molecule has 3 aromatic carbocycles. The first-order chi connectivity index (χ1) is 19.1. The molecule has 2 aliphatic rings. The SMILES string of the molecule is CCOC(=O)[C@H]1C(=O)NC(N2CCN(C(c3ccccc3)c3ccccc3)CC2)=N[C@H]1c1ccccc1OC. The molecule has 0 aliphatic carbocycles. The van der Waals surface area contributed by atoms with E-state index in [1.54, 1.807) is 14.0 Å². The lowest BCUT2D eigenvalue weighted by Gasteiger charge is -2.42. The highest BCUT2D eigenvalue weighted by molar-refractivity contribution is 6.08. The fraction of sp³-hybridized carbons (Fsp3) is 0.323. The highest BCUT2D eigenvalue weighted by Crippen LogP contribution is 2.36. The van der Waals surface area contributed by atoms with Gasteiger partial charge in [-0.1, -0.05) is 78.9 Å². The number of carbonyl (C=O) groups excluding carboxylic acids is 2. The Morgan fingerprint density at radius 2 is 1.51 bits per heavy atom. The van der Waals surface area contributed by atoms with Crippen LogP contribution in [0.2, 0.25) is 0 Å². The third-order valence-electron chi connectivity index (χ3n) is 7.30. The minimum absolute atomic E-state index is 0.131. The molecule has 1 N–H and O–H groups in total. The van der Waals surface area contributed by atoms with Crippen molar-refractivity contribution in [3.8, 4) is 5.75 Å². The smallest absolute Gasteiger partial charge is 0.321 e. The molecule has 3 aromatic rings. The average molecular weight is 527 g/mol. The molecule has 0 bridgehead atoms. The lowest BCUT2D eigenvalue weighted by atomic mass is 9.90. The Morgan fingerprint density at radius 1 is 0.923 bits per heavy atom. The van der Waals surface area contributed by atoms with Crippen molar-refractivity contribution < 1.29 is 19.1 Å². The summed E-state index contributed by atoms with van der Waals surface area (Å²) in [6, 6.07) is 27.8. The van der Waals surface area contributed by atoms with E-state index in [4.69, 9.17) is 14.5 Å². The van der Waals surface area contributed by atoms with E-state index in [-0.39, 0.29) is 12.6 Å². The van der Waals surface area contributed by atoms with Gasteiger partial charge in [-0.15, -0.1) is 0 Å². The number of guanidine groups is 1. The molecule has 8 heteroatoms. The fourth-order valence-electron chi connectivity index (χ4n) is 5.44. The van der Waals surface area contributed by atoms with E-state index >= 15 is 0 Å². The molecule has 0 spiro atoms. The van der Waals surface area contributed by atoms with Crippen LogP contribution in [0.1, 0.15) is 35.7 Å². The Balaban J connectivity index is 1.40. The second-order valence-corrected chi connectivity index (χ2v) is 9.61. The van der Waals surface area contributed by atoms with Gasteiger partial charge in [-0.05, 0) is 24.1 Å². The van der Waals surface area contributed by atoms with Crippen LogP contribution in [0.5, 0.6) is 5.75 Å². The Kier molecular flexibility index (Phi) is 8.22. The number of ether oxygens (including phenoxy) is 2. The summed E-state index contributed by atoms with van der Waals surface area (Å²) in [5.74, 6) is -1.04. The van der Waals surface area contributed by atoms with E-state index in [2.05, 4.69) is 63.6 Å². The molecule has 8 nitrogen and oxygen atoms in total. The number of para-hydroxylation sites is 1. The van der Waals surface area contributed by atoms with Crippen LogP contribution in [0.4, 0.5) is 0 Å². The van der Waals surface area contributed by atoms with Gasteiger partial charge in [0.1, 0.15) is 11.8 Å². The van der Waals surface area contributed by atoms with Gasteiger partial charge >= 0.3 is 5.97 Å². The first kappa shape index (κ1) is 26.4. The minimum atomic E-state index is -1.09. The summed E-state index contributed by atoms with van der Waals surface area (Å²) in [5, 5.41) is 2.90. The van der Waals surface area contributed by atoms with Crippen LogP contribution < -0.4 is 10.1 Å². The first-order valence-electron chi connectivity index (χ1n) is 13.4. The molecule has 0 aromatic heterocycles. The Morgan fingerprint density at radius 3 is 2.10 bits per heavy atom. The molecular weight excluding hydrogens is 492 g/mol. The fourth-order valence-corrected chi connectivity index (χ4v) is 5.44. The normalized spacial score (nSPS) is 19.8. The van der Waals surface area contributed by atoms with Crippen LogP contribution in [0.15, 0.2) is 89.9 Å². The van der Waals surface area contributed by atoms with Crippen molar-refractivity contribution in [3.63, 3.8) is 0 Å². The molecule has 0 saturated carbocycles. The van der Waals surface area contributed by atoms with Crippen molar-refractivity contribution >= 4 is 17.8 Å². The van der Waals surface area contributed by atoms with Gasteiger partial charge < -0.3 is 14.4 Å². The Labute approximate surface area is 229 Å². The number of nitrogens with zero attached hydrogens (tertiary/aromatic N) is 3. The van der Waals surface area contributed by atoms with Crippen LogP contribution in [0.25, 0.3) is 0 Å². The third-order valence-corrected chi connectivity index (χ3v) is 7.30. The maximum absolute atomic E-state index is 13.3. The number of carbonyl (C=O) groups is 2. The number of hydrogen-bond donors (Lipinski definition) is 1. The predicted octanol–water partition coefficient (Wildman–Crippen LogP) is 3.81. The number of piperazine rings is 1. The molecule has 39 heavy (non-hydrogen) atoms. The molecule has 2 aliphatic heterocycles. The zero-order valence-corrected chi connectivity index (χ0v) is 22.3. The zero-order chi connectivity index (χ0) is 27.2. The number of nitrogens with one attached hydrogen (secondary N) is 1. The molecule has 2 atom stereocenters. The minimum Gasteiger partial charge on any atom is -0.496 e. The van der Waals surface area contributed by atoms with Crippen molar-refractivity contribution in [2.75, 3.05) is 39.9 Å². The summed E-state index contributed by atoms with van der Waals surface area (Å²) in [6.45, 7) is 4.83. The van der Waals surface area contributed by atoms with E-state index in [1.807, 2.05) is 36.4 Å². The van der Waals surface area contributed by atoms with E-state index in [0.29, 0.717) is 30.4 Å². The summed E-state index contributed by atoms with van der Waals surface area (Å²) in [4.78, 5) is 35.6. The summed E-state index contributed by atoms with van der Waals surface area (Å²) in [5.41, 5.74) is 3.17. The predicted molar refractivity (Wildman–Crippen MR) is 149 cm³/mol. The van der Waals surface area contributed by atoms with Gasteiger partial charge in [0.2, 0.25) is 11.9 Å². The Hall–Kier alpha value is -4.17. The van der Waals surface area contributed by atoms with Crippen molar-refractivity contribution in [1.82, 2.24) is 15.1 Å². The lowest BCUT2D eigenvalue weighted by molar-refractivity contribution is -0.153. The number of rotatable bonds is 7. The average Bonchev–Trinajstić information content (AvgIpc) is 2.98. The largest absolute Gasteiger partial charge is 0.496 e. The number of benzene rings is 3. The lowest BCUT2D eigenvalue weighted by Crippen LogP contribution is -2.57. The molecule has 0 unspecified atom stereocenters. The van der Waals surface area contributed by atoms with Crippen molar-refractivity contribution in [1.29, 1.82) is 0 Å². The van der Waals surface area contributed by atoms with Crippen molar-refractivity contribution in [2.45, 2.75) is 19.0 Å². The monoisotopic (exact) mass is 526 g/mol. The number of aliphatic imine (C=N–C) groups is 1. The van der Waals surface area contributed by atoms with E-state index in [1.165, 1.54) is 11.1 Å². The molecule has 0 radical (unpaired) electrons. The topological polar surface area (TPSA) is 83.5 Å². The molecule has 1 amide bonds. The van der Waals surface area contributed by atoms with Gasteiger partial charge in [0.15, 0.2) is 5.92 Å². The first-order valence-corrected chi connectivity index (χ1v) is 13.4. The number of amides is 1. The van der Waals surface area contributed by atoms with Crippen LogP contribution in [-0.2, 0) is 14.3 Å². The third kappa shape index (κ3) is 5.66. The van der Waals surface area contributed by atoms with Crippen LogP contribution in [0, 0.1) is 5.92 Å². The number of hydrogen-bond acceptors (Lipinski definition) is 7. The standard InChI is InChI=1S/C31H34N4O4/c1-3-39-30(37)26-27(24-16-10-11-17-25(24)38-2)32-31(33-29(26)36)35-20-18-34(19-21-35)28(22-12-6-4-7-13-22)23-14-8-5-9-15-23/h4-17,26-28H,3,18-21H2,1-2H3,(H,32,33,36)/t26-,27+/m1/s1. The number of esters is 1. The van der Waals surface area contributed by atoms with Gasteiger partial charge in [0.25, 0.3) is 0 Å². The van der Waals surface area contributed by atoms with Gasteiger partial charge in [-0.3, -0.25) is 19.8 Å². The molecular formula is C31H34N4O4.